The minimum Gasteiger partial charge on any atom is -0.375 e. The summed E-state index contributed by atoms with van der Waals surface area (Å²) in [6.07, 6.45) is 7.93. The Morgan fingerprint density at radius 3 is 2.45 bits per heavy atom. The van der Waals surface area contributed by atoms with Crippen molar-refractivity contribution in [1.82, 2.24) is 9.97 Å². The van der Waals surface area contributed by atoms with Gasteiger partial charge in [0.2, 0.25) is 0 Å². The summed E-state index contributed by atoms with van der Waals surface area (Å²) >= 11 is 0. The predicted octanol–water partition coefficient (Wildman–Crippen LogP) is 4.30. The maximum Gasteiger partial charge on any atom is 0.175 e. The van der Waals surface area contributed by atoms with E-state index in [-0.39, 0.29) is 16.2 Å². The molecule has 1 saturated heterocycles. The van der Waals surface area contributed by atoms with Crippen LogP contribution in [0.15, 0.2) is 35.5 Å². The van der Waals surface area contributed by atoms with Crippen molar-refractivity contribution in [2.75, 3.05) is 23.5 Å². The topological polar surface area (TPSA) is 93.2 Å². The van der Waals surface area contributed by atoms with Crippen LogP contribution in [-0.4, -0.2) is 42.9 Å². The van der Waals surface area contributed by atoms with Crippen molar-refractivity contribution in [2.45, 2.75) is 62.5 Å². The highest BCUT2D eigenvalue weighted by atomic mass is 32.2. The number of hydrogen-bond acceptors (Lipinski definition) is 7. The van der Waals surface area contributed by atoms with Gasteiger partial charge in [-0.05, 0) is 69.6 Å². The van der Waals surface area contributed by atoms with Gasteiger partial charge in [0.05, 0.1) is 22.8 Å². The fourth-order valence-corrected chi connectivity index (χ4v) is 5.36. The minimum absolute atomic E-state index is 0.0255. The highest BCUT2D eigenvalue weighted by molar-refractivity contribution is 7.90. The Kier molecular flexibility index (Phi) is 5.68. The molecule has 0 bridgehead atoms. The molecule has 31 heavy (non-hydrogen) atoms. The Morgan fingerprint density at radius 2 is 1.84 bits per heavy atom. The standard InChI is InChI=1S/C22H29FN4O3S/c1-21(2)12-22(13-30-21)8-6-15(7-9-22)26-19-11-20(25-14-24-19)27-18-5-4-16(10-17(18)23)31(3,28)29/h4-5,10-11,14-15H,6-9,12-13H2,1-3H3,(H2,24,25,26,27). The average molecular weight is 449 g/mol. The summed E-state index contributed by atoms with van der Waals surface area (Å²) in [5.74, 6) is 0.451. The van der Waals surface area contributed by atoms with Crippen LogP contribution in [0.4, 0.5) is 21.7 Å². The molecule has 1 aliphatic carbocycles. The zero-order chi connectivity index (χ0) is 22.3. The van der Waals surface area contributed by atoms with Gasteiger partial charge in [-0.1, -0.05) is 0 Å². The largest absolute Gasteiger partial charge is 0.375 e. The van der Waals surface area contributed by atoms with Crippen molar-refractivity contribution in [1.29, 1.82) is 0 Å². The van der Waals surface area contributed by atoms with Crippen molar-refractivity contribution < 1.29 is 17.5 Å². The van der Waals surface area contributed by atoms with Gasteiger partial charge in [0.1, 0.15) is 23.8 Å². The third-order valence-electron chi connectivity index (χ3n) is 6.27. The molecule has 2 fully saturated rings. The van der Waals surface area contributed by atoms with Crippen LogP contribution in [0.5, 0.6) is 0 Å². The number of nitrogens with one attached hydrogen (secondary N) is 2. The minimum atomic E-state index is -3.46. The average Bonchev–Trinajstić information content (AvgIpc) is 2.99. The van der Waals surface area contributed by atoms with Gasteiger partial charge in [-0.25, -0.2) is 22.8 Å². The number of anilines is 3. The summed E-state index contributed by atoms with van der Waals surface area (Å²) in [4.78, 5) is 8.38. The van der Waals surface area contributed by atoms with Crippen LogP contribution in [0.2, 0.25) is 0 Å². The third-order valence-corrected chi connectivity index (χ3v) is 7.38. The van der Waals surface area contributed by atoms with E-state index in [1.807, 2.05) is 0 Å². The van der Waals surface area contributed by atoms with Crippen molar-refractivity contribution >= 4 is 27.2 Å². The van der Waals surface area contributed by atoms with Crippen LogP contribution in [0.3, 0.4) is 0 Å². The Hall–Kier alpha value is -2.26. The molecule has 4 rings (SSSR count). The second kappa shape index (κ2) is 8.02. The van der Waals surface area contributed by atoms with E-state index >= 15 is 0 Å². The monoisotopic (exact) mass is 448 g/mol. The summed E-state index contributed by atoms with van der Waals surface area (Å²) in [5, 5.41) is 6.37. The summed E-state index contributed by atoms with van der Waals surface area (Å²) in [6, 6.07) is 5.82. The zero-order valence-electron chi connectivity index (χ0n) is 18.1. The summed E-state index contributed by atoms with van der Waals surface area (Å²) < 4.78 is 43.5. The lowest BCUT2D eigenvalue weighted by Crippen LogP contribution is -2.34. The van der Waals surface area contributed by atoms with Crippen molar-refractivity contribution in [3.05, 3.63) is 36.4 Å². The summed E-state index contributed by atoms with van der Waals surface area (Å²) in [6.45, 7) is 5.18. The third kappa shape index (κ3) is 5.15. The smallest absolute Gasteiger partial charge is 0.175 e. The van der Waals surface area contributed by atoms with E-state index in [1.165, 1.54) is 18.5 Å². The van der Waals surface area contributed by atoms with Crippen molar-refractivity contribution in [3.63, 3.8) is 0 Å². The first-order chi connectivity index (χ1) is 14.5. The maximum atomic E-state index is 14.3. The van der Waals surface area contributed by atoms with Crippen LogP contribution < -0.4 is 10.6 Å². The number of benzene rings is 1. The van der Waals surface area contributed by atoms with Crippen LogP contribution >= 0.6 is 0 Å². The van der Waals surface area contributed by atoms with Gasteiger partial charge in [-0.15, -0.1) is 0 Å². The molecule has 0 amide bonds. The molecule has 2 aromatic rings. The normalized spacial score (nSPS) is 25.5. The van der Waals surface area contributed by atoms with Gasteiger partial charge in [-0.3, -0.25) is 0 Å². The molecule has 7 nitrogen and oxygen atoms in total. The van der Waals surface area contributed by atoms with Gasteiger partial charge < -0.3 is 15.4 Å². The highest BCUT2D eigenvalue weighted by Gasteiger charge is 2.46. The Bertz CT molecular complexity index is 1070. The predicted molar refractivity (Wildman–Crippen MR) is 118 cm³/mol. The number of halogens is 1. The second-order valence-corrected chi connectivity index (χ2v) is 11.5. The first kappa shape index (κ1) is 22.0. The fourth-order valence-electron chi connectivity index (χ4n) is 4.73. The molecule has 9 heteroatoms. The summed E-state index contributed by atoms with van der Waals surface area (Å²) in [7, 11) is -3.46. The molecule has 2 heterocycles. The van der Waals surface area contributed by atoms with E-state index in [2.05, 4.69) is 34.4 Å². The number of ether oxygens (including phenoxy) is 1. The molecule has 0 atom stereocenters. The number of aromatic nitrogens is 2. The molecule has 2 N–H and O–H groups in total. The molecule has 1 aromatic carbocycles. The van der Waals surface area contributed by atoms with Crippen molar-refractivity contribution in [2.24, 2.45) is 5.41 Å². The first-order valence-electron chi connectivity index (χ1n) is 10.5. The number of rotatable bonds is 5. The number of hydrogen-bond donors (Lipinski definition) is 2. The lowest BCUT2D eigenvalue weighted by Gasteiger charge is -2.37. The molecule has 2 aliphatic rings. The van der Waals surface area contributed by atoms with Crippen LogP contribution in [0, 0.1) is 11.2 Å². The van der Waals surface area contributed by atoms with Crippen LogP contribution in [0.25, 0.3) is 0 Å². The van der Waals surface area contributed by atoms with Gasteiger partial charge >= 0.3 is 0 Å². The van der Waals surface area contributed by atoms with E-state index in [0.29, 0.717) is 23.1 Å². The van der Waals surface area contributed by atoms with Crippen LogP contribution in [0.1, 0.15) is 46.0 Å². The molecule has 168 valence electrons. The second-order valence-electron chi connectivity index (χ2n) is 9.47. The van der Waals surface area contributed by atoms with Crippen molar-refractivity contribution in [3.8, 4) is 0 Å². The molecular formula is C22H29FN4O3S. The quantitative estimate of drug-likeness (QED) is 0.704. The maximum absolute atomic E-state index is 14.3. The van der Waals surface area contributed by atoms with Gasteiger partial charge in [-0.2, -0.15) is 0 Å². The number of nitrogens with zero attached hydrogens (tertiary/aromatic N) is 2. The zero-order valence-corrected chi connectivity index (χ0v) is 18.9. The van der Waals surface area contributed by atoms with E-state index < -0.39 is 15.7 Å². The Balaban J connectivity index is 1.38. The van der Waals surface area contributed by atoms with E-state index in [0.717, 1.165) is 51.0 Å². The van der Waals surface area contributed by atoms with E-state index in [9.17, 15) is 12.8 Å². The molecule has 1 spiro atoms. The van der Waals surface area contributed by atoms with Crippen LogP contribution in [-0.2, 0) is 14.6 Å². The molecule has 0 radical (unpaired) electrons. The molecule has 0 unspecified atom stereocenters. The Labute approximate surface area is 182 Å². The van der Waals surface area contributed by atoms with Gasteiger partial charge in [0.15, 0.2) is 9.84 Å². The van der Waals surface area contributed by atoms with E-state index in [4.69, 9.17) is 4.74 Å². The molecule has 1 saturated carbocycles. The van der Waals surface area contributed by atoms with E-state index in [1.54, 1.807) is 6.07 Å². The highest BCUT2D eigenvalue weighted by Crippen LogP contribution is 2.49. The molecule has 1 aromatic heterocycles. The lowest BCUT2D eigenvalue weighted by molar-refractivity contribution is 0.0283. The SMILES string of the molecule is CC1(C)CC2(CCC(Nc3cc(Nc4ccc(S(C)(=O)=O)cc4F)ncn3)CC2)CO1. The van der Waals surface area contributed by atoms with Gasteiger partial charge in [0, 0.05) is 18.4 Å². The lowest BCUT2D eigenvalue weighted by atomic mass is 9.70. The fraction of sp³-hybridized carbons (Fsp3) is 0.545. The Morgan fingerprint density at radius 1 is 1.13 bits per heavy atom. The summed E-state index contributed by atoms with van der Waals surface area (Å²) in [5.41, 5.74) is 0.429. The number of sulfone groups is 1. The molecule has 1 aliphatic heterocycles. The first-order valence-corrected chi connectivity index (χ1v) is 12.4. The van der Waals surface area contributed by atoms with Gasteiger partial charge in [0.25, 0.3) is 0 Å². The molecular weight excluding hydrogens is 419 g/mol.